The van der Waals surface area contributed by atoms with Crippen molar-refractivity contribution >= 4 is 122 Å². The van der Waals surface area contributed by atoms with Crippen molar-refractivity contribution in [2.24, 2.45) is 0 Å². The molecule has 0 bridgehead atoms. The van der Waals surface area contributed by atoms with Gasteiger partial charge in [0.2, 0.25) is 0 Å². The summed E-state index contributed by atoms with van der Waals surface area (Å²) in [6.07, 6.45) is 0. The number of rotatable bonds is 16. The van der Waals surface area contributed by atoms with Crippen molar-refractivity contribution in [2.45, 2.75) is 0 Å². The molecule has 0 saturated carbocycles. The van der Waals surface area contributed by atoms with Crippen molar-refractivity contribution in [2.75, 3.05) is 9.80 Å². The first-order valence-corrected chi connectivity index (χ1v) is 43.0. The first-order valence-electron chi connectivity index (χ1n) is 43.0. The molecular formula is C120H80N4O2. The molecule has 0 amide bonds. The van der Waals surface area contributed by atoms with Gasteiger partial charge >= 0.3 is 0 Å². The van der Waals surface area contributed by atoms with Gasteiger partial charge in [0.1, 0.15) is 22.3 Å². The van der Waals surface area contributed by atoms with Gasteiger partial charge in [0.05, 0.1) is 39.1 Å². The van der Waals surface area contributed by atoms with E-state index in [1.54, 1.807) is 0 Å². The van der Waals surface area contributed by atoms with E-state index in [0.717, 1.165) is 128 Å². The Morgan fingerprint density at radius 1 is 0.159 bits per heavy atom. The maximum atomic E-state index is 6.20. The lowest BCUT2D eigenvalue weighted by Gasteiger charge is -2.28. The molecule has 6 nitrogen and oxygen atoms in total. The monoisotopic (exact) mass is 1610 g/mol. The normalized spacial score (nSPS) is 11.5. The van der Waals surface area contributed by atoms with Crippen LogP contribution >= 0.6 is 0 Å². The van der Waals surface area contributed by atoms with E-state index in [1.807, 2.05) is 24.3 Å². The van der Waals surface area contributed by atoms with Crippen LogP contribution in [0.1, 0.15) is 0 Å². The van der Waals surface area contributed by atoms with Gasteiger partial charge in [-0.1, -0.05) is 358 Å². The molecule has 0 N–H and O–H groups in total. The Morgan fingerprint density at radius 2 is 0.429 bits per heavy atom. The van der Waals surface area contributed by atoms with E-state index in [4.69, 9.17) is 8.83 Å². The van der Waals surface area contributed by atoms with Gasteiger partial charge in [-0.25, -0.2) is 0 Å². The van der Waals surface area contributed by atoms with E-state index >= 15 is 0 Å². The van der Waals surface area contributed by atoms with Crippen LogP contribution in [0.3, 0.4) is 0 Å². The summed E-state index contributed by atoms with van der Waals surface area (Å²) in [6, 6.07) is 174. The molecule has 0 aliphatic carbocycles. The van der Waals surface area contributed by atoms with Crippen molar-refractivity contribution in [3.63, 3.8) is 0 Å². The fourth-order valence-electron chi connectivity index (χ4n) is 19.0. The predicted molar refractivity (Wildman–Crippen MR) is 529 cm³/mol. The fourth-order valence-corrected chi connectivity index (χ4v) is 19.0. The zero-order valence-electron chi connectivity index (χ0n) is 68.8. The lowest BCUT2D eigenvalue weighted by Crippen LogP contribution is -2.11. The minimum Gasteiger partial charge on any atom is -0.456 e. The number of fused-ring (bicyclic) bond motifs is 12. The van der Waals surface area contributed by atoms with Crippen LogP contribution in [-0.4, -0.2) is 9.13 Å². The van der Waals surface area contributed by atoms with Crippen LogP contribution in [0.2, 0.25) is 0 Å². The Hall–Kier alpha value is -16.8. The lowest BCUT2D eigenvalue weighted by atomic mass is 9.96. The number of furan rings is 2. The van der Waals surface area contributed by atoms with E-state index in [9.17, 15) is 0 Å². The molecule has 24 aromatic rings. The first-order chi connectivity index (χ1) is 62.5. The summed E-state index contributed by atoms with van der Waals surface area (Å²) in [5.74, 6) is 0. The SMILES string of the molecule is c1ccc(-c2cccc(N(c3ccc(-c4ccc(-c5cccc6oc7ccccc7c56)cc4)cc3)c3ccc(-c4ccccc4-n4c5ccccc5c5ccccc54)cc3)c2)cc1.c1ccc(-c2ccccc2N(c2ccc(-c3ccc(-c4cccc5oc6ccccc6c45)cc3)cc2)c2ccc(-c3ccccc3-n3c4ccccc4c4ccccc43)cc2)cc1. The van der Waals surface area contributed by atoms with Crippen LogP contribution in [0.5, 0.6) is 0 Å². The number of aromatic nitrogens is 2. The summed E-state index contributed by atoms with van der Waals surface area (Å²) in [6.45, 7) is 0. The molecule has 0 fully saturated rings. The van der Waals surface area contributed by atoms with Crippen molar-refractivity contribution in [1.29, 1.82) is 0 Å². The highest BCUT2D eigenvalue weighted by Gasteiger charge is 2.24. The Morgan fingerprint density at radius 3 is 0.857 bits per heavy atom. The van der Waals surface area contributed by atoms with Gasteiger partial charge < -0.3 is 27.8 Å². The van der Waals surface area contributed by atoms with E-state index < -0.39 is 0 Å². The van der Waals surface area contributed by atoms with E-state index in [0.29, 0.717) is 0 Å². The third-order valence-corrected chi connectivity index (χ3v) is 24.9. The number of anilines is 6. The average Bonchev–Trinajstić information content (AvgIpc) is 1.62. The Balaban J connectivity index is 0.000000145. The Labute approximate surface area is 730 Å². The summed E-state index contributed by atoms with van der Waals surface area (Å²) in [7, 11) is 0. The third-order valence-electron chi connectivity index (χ3n) is 24.9. The molecular weight excluding hydrogens is 1530 g/mol. The molecule has 0 spiro atoms. The van der Waals surface area contributed by atoms with Crippen molar-refractivity contribution in [1.82, 2.24) is 9.13 Å². The van der Waals surface area contributed by atoms with E-state index in [2.05, 4.69) is 480 Å². The van der Waals surface area contributed by atoms with Crippen LogP contribution in [0.4, 0.5) is 34.1 Å². The number of nitrogens with zero attached hydrogens (tertiary/aromatic N) is 4. The second-order valence-corrected chi connectivity index (χ2v) is 32.1. The zero-order valence-corrected chi connectivity index (χ0v) is 68.8. The van der Waals surface area contributed by atoms with Crippen LogP contribution < -0.4 is 9.80 Å². The summed E-state index contributed by atoms with van der Waals surface area (Å²) in [5.41, 5.74) is 36.0. The molecule has 4 heterocycles. The highest BCUT2D eigenvalue weighted by molar-refractivity contribution is 6.15. The molecule has 592 valence electrons. The standard InChI is InChI=1S/2C60H40N2O/c1-2-15-43(16-3-1)48-17-4-9-23-54(48)61(46-37-33-42(34-38-46)41-29-31-45(32-30-41)50-22-14-28-59-60(50)53-21-8-13-27-58(53)63-59)47-39-35-44(36-40-47)49-18-5-10-24-55(49)62-56-25-11-6-19-51(56)52-20-7-12-26-57(52)62;1-2-14-41(15-3-1)46-16-12-17-49(40-46)61(47-36-32-43(33-37-47)42-28-30-45(31-29-42)51-22-13-27-59-60(51)54-21-7-11-26-58(54)63-59)48-38-34-44(35-39-48)50-18-4-8-23-55(50)62-56-24-9-5-19-52(56)53-20-6-10-25-57(53)62/h2*1-40H. The molecule has 0 atom stereocenters. The molecule has 0 saturated heterocycles. The van der Waals surface area contributed by atoms with Crippen LogP contribution in [-0.2, 0) is 0 Å². The highest BCUT2D eigenvalue weighted by Crippen LogP contribution is 2.47. The molecule has 0 unspecified atom stereocenters. The maximum Gasteiger partial charge on any atom is 0.136 e. The van der Waals surface area contributed by atoms with Crippen LogP contribution in [0.25, 0.3) is 188 Å². The van der Waals surface area contributed by atoms with Crippen molar-refractivity contribution < 1.29 is 8.83 Å². The number of hydrogen-bond donors (Lipinski definition) is 0. The Kier molecular flexibility index (Phi) is 18.8. The molecule has 24 rings (SSSR count). The highest BCUT2D eigenvalue weighted by atomic mass is 16.3. The number of hydrogen-bond acceptors (Lipinski definition) is 4. The quantitative estimate of drug-likeness (QED) is 0.0967. The van der Waals surface area contributed by atoms with Gasteiger partial charge in [-0.3, -0.25) is 0 Å². The molecule has 0 aliphatic heterocycles. The average molecular weight is 1610 g/mol. The topological polar surface area (TPSA) is 42.6 Å². The minimum atomic E-state index is 0.908. The van der Waals surface area contributed by atoms with Crippen LogP contribution in [0, 0.1) is 0 Å². The second-order valence-electron chi connectivity index (χ2n) is 32.1. The molecule has 20 aromatic carbocycles. The summed E-state index contributed by atoms with van der Waals surface area (Å²) in [4.78, 5) is 4.74. The molecule has 0 radical (unpaired) electrons. The Bertz CT molecular complexity index is 8060. The first kappa shape index (κ1) is 74.3. The smallest absolute Gasteiger partial charge is 0.136 e. The lowest BCUT2D eigenvalue weighted by molar-refractivity contribution is 0.668. The van der Waals surface area contributed by atoms with Gasteiger partial charge in [0, 0.05) is 88.2 Å². The van der Waals surface area contributed by atoms with Gasteiger partial charge in [0.25, 0.3) is 0 Å². The summed E-state index contributed by atoms with van der Waals surface area (Å²) >= 11 is 0. The van der Waals surface area contributed by atoms with Crippen molar-refractivity contribution in [3.8, 4) is 100 Å². The largest absolute Gasteiger partial charge is 0.456 e. The predicted octanol–water partition coefficient (Wildman–Crippen LogP) is 33.6. The third kappa shape index (κ3) is 13.4. The summed E-state index contributed by atoms with van der Waals surface area (Å²) in [5, 5.41) is 9.61. The molecule has 126 heavy (non-hydrogen) atoms. The van der Waals surface area contributed by atoms with E-state index in [1.165, 1.54) is 93.7 Å². The van der Waals surface area contributed by atoms with Gasteiger partial charge in [-0.2, -0.15) is 0 Å². The molecule has 0 aliphatic rings. The number of para-hydroxylation sites is 9. The summed E-state index contributed by atoms with van der Waals surface area (Å²) < 4.78 is 17.2. The maximum absolute atomic E-state index is 6.20. The van der Waals surface area contributed by atoms with Crippen molar-refractivity contribution in [3.05, 3.63) is 485 Å². The van der Waals surface area contributed by atoms with Gasteiger partial charge in [-0.15, -0.1) is 0 Å². The van der Waals surface area contributed by atoms with Gasteiger partial charge in [-0.05, 0) is 200 Å². The molecule has 4 aromatic heterocycles. The minimum absolute atomic E-state index is 0.908. The van der Waals surface area contributed by atoms with Gasteiger partial charge in [0.15, 0.2) is 0 Å². The number of benzene rings is 20. The fraction of sp³-hybridized carbons (Fsp3) is 0. The zero-order chi connectivity index (χ0) is 83.4. The second kappa shape index (κ2) is 32.0. The molecule has 6 heteroatoms. The van der Waals surface area contributed by atoms with E-state index in [-0.39, 0.29) is 0 Å². The van der Waals surface area contributed by atoms with Crippen LogP contribution in [0.15, 0.2) is 494 Å².